The molecule has 1 unspecified atom stereocenters. The molecule has 0 aliphatic rings. The Morgan fingerprint density at radius 1 is 1.39 bits per heavy atom. The summed E-state index contributed by atoms with van der Waals surface area (Å²) >= 11 is 0. The Bertz CT molecular complexity index is 665. The number of hydrogen-bond acceptors (Lipinski definition) is 7. The van der Waals surface area contributed by atoms with Crippen LogP contribution in [0.3, 0.4) is 0 Å². The van der Waals surface area contributed by atoms with Crippen LogP contribution >= 0.6 is 0 Å². The fourth-order valence-corrected chi connectivity index (χ4v) is 1.73. The lowest BCUT2D eigenvalue weighted by Gasteiger charge is -2.01. The van der Waals surface area contributed by atoms with E-state index in [9.17, 15) is 13.5 Å². The van der Waals surface area contributed by atoms with Crippen molar-refractivity contribution in [3.05, 3.63) is 24.3 Å². The second-order valence-electron chi connectivity index (χ2n) is 3.86. The van der Waals surface area contributed by atoms with Crippen LogP contribution in [0.1, 0.15) is 18.0 Å². The van der Waals surface area contributed by atoms with E-state index < -0.39 is 15.1 Å². The van der Waals surface area contributed by atoms with Crippen LogP contribution in [-0.4, -0.2) is 34.9 Å². The maximum Gasteiger partial charge on any atom is 0.259 e. The third-order valence-electron chi connectivity index (χ3n) is 2.42. The molecule has 0 fully saturated rings. The average Bonchev–Trinajstić information content (AvgIpc) is 2.75. The van der Waals surface area contributed by atoms with Crippen molar-refractivity contribution in [3.63, 3.8) is 0 Å². The third-order valence-corrected chi connectivity index (χ3v) is 3.91. The van der Waals surface area contributed by atoms with Gasteiger partial charge in [-0.3, -0.25) is 4.98 Å². The van der Waals surface area contributed by atoms with Gasteiger partial charge in [0.25, 0.3) is 5.89 Å². The summed E-state index contributed by atoms with van der Waals surface area (Å²) < 4.78 is 27.7. The summed E-state index contributed by atoms with van der Waals surface area (Å²) in [7, 11) is -3.28. The van der Waals surface area contributed by atoms with E-state index in [0.29, 0.717) is 5.56 Å². The maximum atomic E-state index is 11.4. The van der Waals surface area contributed by atoms with Crippen molar-refractivity contribution in [1.29, 1.82) is 0 Å². The molecule has 0 radical (unpaired) electrons. The maximum absolute atomic E-state index is 11.4. The van der Waals surface area contributed by atoms with Gasteiger partial charge in [0.05, 0.1) is 11.8 Å². The molecule has 2 heterocycles. The fourth-order valence-electron chi connectivity index (χ4n) is 1.25. The summed E-state index contributed by atoms with van der Waals surface area (Å²) in [4.78, 5) is 7.75. The summed E-state index contributed by atoms with van der Waals surface area (Å²) in [6, 6.07) is 1.40. The number of rotatable bonds is 3. The Kier molecular flexibility index (Phi) is 3.04. The number of pyridine rings is 1. The van der Waals surface area contributed by atoms with Crippen LogP contribution in [0.4, 0.5) is 0 Å². The lowest BCUT2D eigenvalue weighted by atomic mass is 10.3. The first-order valence-corrected chi connectivity index (χ1v) is 7.00. The molecule has 7 nitrogen and oxygen atoms in total. The van der Waals surface area contributed by atoms with Crippen molar-refractivity contribution >= 4 is 9.84 Å². The Morgan fingerprint density at radius 3 is 2.72 bits per heavy atom. The zero-order valence-electron chi connectivity index (χ0n) is 9.73. The van der Waals surface area contributed by atoms with Gasteiger partial charge in [0, 0.05) is 12.5 Å². The first-order chi connectivity index (χ1) is 8.38. The Hall–Kier alpha value is -1.96. The first-order valence-electron chi connectivity index (χ1n) is 5.05. The van der Waals surface area contributed by atoms with Crippen molar-refractivity contribution < 1.29 is 18.0 Å². The van der Waals surface area contributed by atoms with Gasteiger partial charge in [-0.25, -0.2) is 8.42 Å². The van der Waals surface area contributed by atoms with Gasteiger partial charge in [-0.05, 0) is 13.0 Å². The summed E-state index contributed by atoms with van der Waals surface area (Å²) in [5.74, 6) is 0.156. The van der Waals surface area contributed by atoms with Gasteiger partial charge < -0.3 is 9.63 Å². The van der Waals surface area contributed by atoms with E-state index in [1.54, 1.807) is 0 Å². The molecule has 0 aliphatic heterocycles. The van der Waals surface area contributed by atoms with E-state index in [1.807, 2.05) is 0 Å². The highest BCUT2D eigenvalue weighted by Crippen LogP contribution is 2.23. The number of sulfone groups is 1. The molecule has 0 saturated heterocycles. The summed E-state index contributed by atoms with van der Waals surface area (Å²) in [6.07, 6.45) is 3.80. The van der Waals surface area contributed by atoms with E-state index in [1.165, 1.54) is 25.4 Å². The molecule has 2 aromatic heterocycles. The van der Waals surface area contributed by atoms with Crippen LogP contribution in [0, 0.1) is 0 Å². The third kappa shape index (κ3) is 2.48. The number of aromatic nitrogens is 3. The zero-order valence-corrected chi connectivity index (χ0v) is 10.5. The SMILES string of the molecule is CC(c1noc(-c2cncc(O)c2)n1)S(C)(=O)=O. The van der Waals surface area contributed by atoms with Gasteiger partial charge in [-0.2, -0.15) is 4.98 Å². The predicted molar refractivity (Wildman–Crippen MR) is 62.5 cm³/mol. The molecule has 0 aliphatic carbocycles. The van der Waals surface area contributed by atoms with Gasteiger partial charge in [0.15, 0.2) is 15.7 Å². The lowest BCUT2D eigenvalue weighted by Crippen LogP contribution is -2.09. The second kappa shape index (κ2) is 4.37. The molecule has 1 N–H and O–H groups in total. The largest absolute Gasteiger partial charge is 0.506 e. The number of aromatic hydroxyl groups is 1. The Balaban J connectivity index is 2.37. The van der Waals surface area contributed by atoms with Crippen LogP contribution in [0.15, 0.2) is 23.0 Å². The number of hydrogen-bond donors (Lipinski definition) is 1. The van der Waals surface area contributed by atoms with Crippen molar-refractivity contribution in [1.82, 2.24) is 15.1 Å². The average molecular weight is 269 g/mol. The molecule has 0 spiro atoms. The Morgan fingerprint density at radius 2 is 2.11 bits per heavy atom. The monoisotopic (exact) mass is 269 g/mol. The van der Waals surface area contributed by atoms with Crippen LogP contribution in [0.25, 0.3) is 11.5 Å². The highest BCUT2D eigenvalue weighted by molar-refractivity contribution is 7.90. The Labute approximate surface area is 103 Å². The van der Waals surface area contributed by atoms with Crippen molar-refractivity contribution in [2.45, 2.75) is 12.2 Å². The minimum Gasteiger partial charge on any atom is -0.506 e. The molecule has 2 aromatic rings. The highest BCUT2D eigenvalue weighted by Gasteiger charge is 2.23. The standard InChI is InChI=1S/C10H11N3O4S/c1-6(18(2,15)16)9-12-10(17-13-9)7-3-8(14)5-11-4-7/h3-6,14H,1-2H3. The van der Waals surface area contributed by atoms with Gasteiger partial charge in [0.2, 0.25) is 0 Å². The first kappa shape index (κ1) is 12.5. The molecule has 2 rings (SSSR count). The topological polar surface area (TPSA) is 106 Å². The molecule has 18 heavy (non-hydrogen) atoms. The second-order valence-corrected chi connectivity index (χ2v) is 6.23. The minimum atomic E-state index is -3.28. The normalized spacial score (nSPS) is 13.4. The van der Waals surface area contributed by atoms with Crippen LogP contribution in [0.5, 0.6) is 5.75 Å². The van der Waals surface area contributed by atoms with Gasteiger partial charge in [-0.15, -0.1) is 0 Å². The highest BCUT2D eigenvalue weighted by atomic mass is 32.2. The van der Waals surface area contributed by atoms with Crippen LogP contribution in [0.2, 0.25) is 0 Å². The van der Waals surface area contributed by atoms with Gasteiger partial charge in [0.1, 0.15) is 11.0 Å². The predicted octanol–water partition coefficient (Wildman–Crippen LogP) is 0.943. The smallest absolute Gasteiger partial charge is 0.259 e. The van der Waals surface area contributed by atoms with E-state index in [2.05, 4.69) is 15.1 Å². The van der Waals surface area contributed by atoms with Gasteiger partial charge >= 0.3 is 0 Å². The minimum absolute atomic E-state index is 0.0385. The van der Waals surface area contributed by atoms with Crippen molar-refractivity contribution in [3.8, 4) is 17.2 Å². The summed E-state index contributed by atoms with van der Waals surface area (Å²) in [5, 5.41) is 12.0. The van der Waals surface area contributed by atoms with E-state index in [0.717, 1.165) is 6.26 Å². The molecular formula is C10H11N3O4S. The number of nitrogens with zero attached hydrogens (tertiary/aromatic N) is 3. The van der Waals surface area contributed by atoms with Gasteiger partial charge in [-0.1, -0.05) is 5.16 Å². The van der Waals surface area contributed by atoms with Crippen LogP contribution in [-0.2, 0) is 9.84 Å². The quantitative estimate of drug-likeness (QED) is 0.883. The van der Waals surface area contributed by atoms with Crippen molar-refractivity contribution in [2.75, 3.05) is 6.26 Å². The van der Waals surface area contributed by atoms with E-state index >= 15 is 0 Å². The summed E-state index contributed by atoms with van der Waals surface area (Å²) in [5.41, 5.74) is 0.425. The van der Waals surface area contributed by atoms with Crippen molar-refractivity contribution in [2.24, 2.45) is 0 Å². The lowest BCUT2D eigenvalue weighted by molar-refractivity contribution is 0.421. The summed E-state index contributed by atoms with van der Waals surface area (Å²) in [6.45, 7) is 1.48. The van der Waals surface area contributed by atoms with Crippen LogP contribution < -0.4 is 0 Å². The van der Waals surface area contributed by atoms with E-state index in [-0.39, 0.29) is 17.5 Å². The molecule has 0 amide bonds. The fraction of sp³-hybridized carbons (Fsp3) is 0.300. The molecule has 1 atom stereocenters. The molecular weight excluding hydrogens is 258 g/mol. The van der Waals surface area contributed by atoms with E-state index in [4.69, 9.17) is 4.52 Å². The molecule has 0 aromatic carbocycles. The molecule has 0 saturated carbocycles. The molecule has 0 bridgehead atoms. The molecule has 96 valence electrons. The molecule has 8 heteroatoms. The zero-order chi connectivity index (χ0) is 13.3.